The smallest absolute Gasteiger partial charge is 0.260 e. The van der Waals surface area contributed by atoms with E-state index in [0.29, 0.717) is 15.2 Å². The molecule has 0 aliphatic rings. The maximum absolute atomic E-state index is 11.6. The number of aliphatic hydroxyl groups excluding tert-OH is 1. The maximum Gasteiger partial charge on any atom is 0.260 e. The van der Waals surface area contributed by atoms with Gasteiger partial charge in [-0.3, -0.25) is 4.79 Å². The van der Waals surface area contributed by atoms with E-state index in [4.69, 9.17) is 21.4 Å². The molecule has 0 aliphatic heterocycles. The van der Waals surface area contributed by atoms with E-state index >= 15 is 0 Å². The zero-order chi connectivity index (χ0) is 13.7. The largest absolute Gasteiger partial charge is 0.480 e. The molecule has 0 bridgehead atoms. The quantitative estimate of drug-likeness (QED) is 0.868. The third kappa shape index (κ3) is 4.84. The van der Waals surface area contributed by atoms with Crippen LogP contribution in [0.2, 0.25) is 5.02 Å². The molecule has 18 heavy (non-hydrogen) atoms. The maximum atomic E-state index is 11.6. The minimum Gasteiger partial charge on any atom is -0.480 e. The van der Waals surface area contributed by atoms with Gasteiger partial charge in [0.2, 0.25) is 0 Å². The minimum absolute atomic E-state index is 0.203. The third-order valence-electron chi connectivity index (χ3n) is 2.14. The number of halogens is 2. The molecule has 0 aromatic heterocycles. The summed E-state index contributed by atoms with van der Waals surface area (Å²) in [6.45, 7) is 3.44. The first-order valence-corrected chi connectivity index (χ1v) is 6.64. The Morgan fingerprint density at radius 3 is 2.78 bits per heavy atom. The summed E-state index contributed by atoms with van der Waals surface area (Å²) < 4.78 is 6.18. The van der Waals surface area contributed by atoms with Crippen molar-refractivity contribution in [2.24, 2.45) is 0 Å². The molecule has 4 nitrogen and oxygen atoms in total. The Bertz CT molecular complexity index is 426. The Kier molecular flexibility index (Phi) is 5.91. The predicted molar refractivity (Wildman–Crippen MR) is 73.9 cm³/mol. The average Bonchev–Trinajstić information content (AvgIpc) is 2.29. The van der Waals surface area contributed by atoms with Gasteiger partial charge in [0.05, 0.1) is 10.6 Å². The Hall–Kier alpha value is -0.780. The highest BCUT2D eigenvalue weighted by Gasteiger charge is 2.16. The molecule has 2 atom stereocenters. The standard InChI is InChI=1S/C12H15BrClNO3/c1-7(16)6-15-12(17)8(2)18-11-4-3-9(14)5-10(11)13/h3-5,7-8,16H,6H2,1-2H3,(H,15,17). The van der Waals surface area contributed by atoms with Crippen molar-refractivity contribution < 1.29 is 14.6 Å². The number of ether oxygens (including phenoxy) is 1. The van der Waals surface area contributed by atoms with Crippen LogP contribution in [0.5, 0.6) is 5.75 Å². The lowest BCUT2D eigenvalue weighted by Crippen LogP contribution is -2.39. The molecule has 1 rings (SSSR count). The molecular formula is C12H15BrClNO3. The van der Waals surface area contributed by atoms with Gasteiger partial charge in [0.1, 0.15) is 5.75 Å². The average molecular weight is 337 g/mol. The molecular weight excluding hydrogens is 321 g/mol. The second-order valence-corrected chi connectivity index (χ2v) is 5.22. The summed E-state index contributed by atoms with van der Waals surface area (Å²) in [6.07, 6.45) is -1.23. The van der Waals surface area contributed by atoms with Crippen LogP contribution in [0.15, 0.2) is 22.7 Å². The highest BCUT2D eigenvalue weighted by molar-refractivity contribution is 9.10. The Morgan fingerprint density at radius 1 is 1.56 bits per heavy atom. The number of carbonyl (C=O) groups excluding carboxylic acids is 1. The monoisotopic (exact) mass is 335 g/mol. The normalized spacial score (nSPS) is 13.8. The van der Waals surface area contributed by atoms with Gasteiger partial charge in [-0.15, -0.1) is 0 Å². The van der Waals surface area contributed by atoms with E-state index in [2.05, 4.69) is 21.2 Å². The van der Waals surface area contributed by atoms with Crippen molar-refractivity contribution in [1.82, 2.24) is 5.32 Å². The van der Waals surface area contributed by atoms with Crippen LogP contribution in [-0.4, -0.2) is 29.8 Å². The minimum atomic E-state index is -0.652. The lowest BCUT2D eigenvalue weighted by molar-refractivity contribution is -0.127. The molecule has 1 aromatic rings. The molecule has 0 aliphatic carbocycles. The summed E-state index contributed by atoms with van der Waals surface area (Å²) >= 11 is 9.11. The highest BCUT2D eigenvalue weighted by atomic mass is 79.9. The fraction of sp³-hybridized carbons (Fsp3) is 0.417. The number of rotatable bonds is 5. The van der Waals surface area contributed by atoms with Crippen LogP contribution in [0.4, 0.5) is 0 Å². The van der Waals surface area contributed by atoms with Crippen LogP contribution in [0.3, 0.4) is 0 Å². The number of benzene rings is 1. The zero-order valence-corrected chi connectivity index (χ0v) is 12.5. The van der Waals surface area contributed by atoms with Gasteiger partial charge in [-0.2, -0.15) is 0 Å². The van der Waals surface area contributed by atoms with Crippen molar-refractivity contribution in [1.29, 1.82) is 0 Å². The lowest BCUT2D eigenvalue weighted by atomic mass is 10.3. The van der Waals surface area contributed by atoms with Gasteiger partial charge < -0.3 is 15.2 Å². The number of nitrogens with one attached hydrogen (secondary N) is 1. The molecule has 6 heteroatoms. The van der Waals surface area contributed by atoms with Crippen LogP contribution >= 0.6 is 27.5 Å². The summed E-state index contributed by atoms with van der Waals surface area (Å²) in [5.74, 6) is 0.261. The molecule has 100 valence electrons. The van der Waals surface area contributed by atoms with E-state index in [1.54, 1.807) is 32.0 Å². The van der Waals surface area contributed by atoms with Gasteiger partial charge in [-0.25, -0.2) is 0 Å². The number of amides is 1. The van der Waals surface area contributed by atoms with Gasteiger partial charge in [-0.05, 0) is 48.0 Å². The van der Waals surface area contributed by atoms with Crippen molar-refractivity contribution in [3.05, 3.63) is 27.7 Å². The Balaban J connectivity index is 2.58. The van der Waals surface area contributed by atoms with Gasteiger partial charge in [0, 0.05) is 11.6 Å². The molecule has 0 saturated heterocycles. The summed E-state index contributed by atoms with van der Waals surface area (Å²) in [6, 6.07) is 5.06. The van der Waals surface area contributed by atoms with Gasteiger partial charge in [-0.1, -0.05) is 11.6 Å². The molecule has 1 aromatic carbocycles. The van der Waals surface area contributed by atoms with E-state index in [-0.39, 0.29) is 12.5 Å². The van der Waals surface area contributed by atoms with E-state index in [0.717, 1.165) is 0 Å². The van der Waals surface area contributed by atoms with Crippen molar-refractivity contribution in [3.63, 3.8) is 0 Å². The number of carbonyl (C=O) groups is 1. The summed E-state index contributed by atoms with van der Waals surface area (Å²) in [4.78, 5) is 11.6. The fourth-order valence-corrected chi connectivity index (χ4v) is 1.98. The highest BCUT2D eigenvalue weighted by Crippen LogP contribution is 2.28. The van der Waals surface area contributed by atoms with E-state index in [1.165, 1.54) is 0 Å². The summed E-state index contributed by atoms with van der Waals surface area (Å²) in [7, 11) is 0. The first-order chi connectivity index (χ1) is 8.40. The van der Waals surface area contributed by atoms with Crippen molar-refractivity contribution in [3.8, 4) is 5.75 Å². The molecule has 0 heterocycles. The predicted octanol–water partition coefficient (Wildman–Crippen LogP) is 2.37. The molecule has 2 N–H and O–H groups in total. The van der Waals surface area contributed by atoms with Crippen molar-refractivity contribution in [2.45, 2.75) is 26.1 Å². The fourth-order valence-electron chi connectivity index (χ4n) is 1.21. The van der Waals surface area contributed by atoms with Crippen LogP contribution < -0.4 is 10.1 Å². The first-order valence-electron chi connectivity index (χ1n) is 5.47. The van der Waals surface area contributed by atoms with Crippen LogP contribution in [0.25, 0.3) is 0 Å². The SMILES string of the molecule is CC(O)CNC(=O)C(C)Oc1ccc(Cl)cc1Br. The second kappa shape index (κ2) is 6.97. The number of hydrogen-bond donors (Lipinski definition) is 2. The molecule has 1 amide bonds. The molecule has 0 saturated carbocycles. The first kappa shape index (κ1) is 15.3. The van der Waals surface area contributed by atoms with Gasteiger partial charge in [0.15, 0.2) is 6.10 Å². The van der Waals surface area contributed by atoms with Crippen molar-refractivity contribution in [2.75, 3.05) is 6.54 Å². The summed E-state index contributed by atoms with van der Waals surface area (Å²) in [5, 5.41) is 12.2. The summed E-state index contributed by atoms with van der Waals surface area (Å²) in [5.41, 5.74) is 0. The van der Waals surface area contributed by atoms with Crippen LogP contribution in [0, 0.1) is 0 Å². The molecule has 0 fully saturated rings. The molecule has 2 unspecified atom stereocenters. The number of hydrogen-bond acceptors (Lipinski definition) is 3. The topological polar surface area (TPSA) is 58.6 Å². The van der Waals surface area contributed by atoms with E-state index in [1.807, 2.05) is 0 Å². The van der Waals surface area contributed by atoms with E-state index in [9.17, 15) is 4.79 Å². The van der Waals surface area contributed by atoms with Gasteiger partial charge >= 0.3 is 0 Å². The second-order valence-electron chi connectivity index (χ2n) is 3.93. The Morgan fingerprint density at radius 2 is 2.22 bits per heavy atom. The molecule has 0 spiro atoms. The van der Waals surface area contributed by atoms with Crippen LogP contribution in [-0.2, 0) is 4.79 Å². The Labute approximate surface area is 119 Å². The van der Waals surface area contributed by atoms with Crippen molar-refractivity contribution >= 4 is 33.4 Å². The van der Waals surface area contributed by atoms with Gasteiger partial charge in [0.25, 0.3) is 5.91 Å². The number of aliphatic hydroxyl groups is 1. The van der Waals surface area contributed by atoms with E-state index < -0.39 is 12.2 Å². The zero-order valence-electron chi connectivity index (χ0n) is 10.1. The van der Waals surface area contributed by atoms with Crippen LogP contribution in [0.1, 0.15) is 13.8 Å². The lowest BCUT2D eigenvalue weighted by Gasteiger charge is -2.16. The molecule has 0 radical (unpaired) electrons. The third-order valence-corrected chi connectivity index (χ3v) is 2.99.